The minimum Gasteiger partial charge on any atom is -0.356 e. The second kappa shape index (κ2) is 6.70. The first-order valence-corrected chi connectivity index (χ1v) is 8.24. The fourth-order valence-corrected chi connectivity index (χ4v) is 3.08. The number of nitrogens with zero attached hydrogens (tertiary/aromatic N) is 4. The van der Waals surface area contributed by atoms with Crippen molar-refractivity contribution >= 4 is 16.5 Å². The molecule has 0 saturated carbocycles. The van der Waals surface area contributed by atoms with Crippen molar-refractivity contribution in [2.24, 2.45) is 0 Å². The lowest BCUT2D eigenvalue weighted by Crippen LogP contribution is -2.05. The smallest absolute Gasteiger partial charge is 0.205 e. The number of rotatable bonds is 6. The Labute approximate surface area is 134 Å². The van der Waals surface area contributed by atoms with E-state index in [9.17, 15) is 0 Å². The molecule has 22 heavy (non-hydrogen) atoms. The first kappa shape index (κ1) is 14.7. The van der Waals surface area contributed by atoms with Gasteiger partial charge in [0.2, 0.25) is 5.13 Å². The maximum atomic E-state index is 4.49. The van der Waals surface area contributed by atoms with Crippen molar-refractivity contribution in [2.45, 2.75) is 33.2 Å². The van der Waals surface area contributed by atoms with Gasteiger partial charge in [-0.05, 0) is 31.0 Å². The van der Waals surface area contributed by atoms with E-state index in [2.05, 4.69) is 39.7 Å². The molecule has 6 heteroatoms. The van der Waals surface area contributed by atoms with Crippen LogP contribution in [0.1, 0.15) is 29.6 Å². The minimum absolute atomic E-state index is 0.704. The van der Waals surface area contributed by atoms with Gasteiger partial charge in [0.1, 0.15) is 5.01 Å². The van der Waals surface area contributed by atoms with Crippen LogP contribution in [0.5, 0.6) is 0 Å². The molecule has 0 aliphatic heterocycles. The largest absolute Gasteiger partial charge is 0.356 e. The summed E-state index contributed by atoms with van der Waals surface area (Å²) in [6, 6.07) is 10.3. The number of hydrogen-bond acceptors (Lipinski definition) is 5. The van der Waals surface area contributed by atoms with Crippen molar-refractivity contribution in [1.29, 1.82) is 0 Å². The van der Waals surface area contributed by atoms with Crippen molar-refractivity contribution in [3.05, 3.63) is 52.8 Å². The Morgan fingerprint density at radius 2 is 2.05 bits per heavy atom. The molecule has 0 fully saturated rings. The van der Waals surface area contributed by atoms with Crippen LogP contribution in [0.25, 0.3) is 5.69 Å². The highest BCUT2D eigenvalue weighted by molar-refractivity contribution is 7.15. The van der Waals surface area contributed by atoms with E-state index >= 15 is 0 Å². The molecule has 0 aliphatic rings. The highest BCUT2D eigenvalue weighted by atomic mass is 32.1. The first-order valence-electron chi connectivity index (χ1n) is 7.43. The van der Waals surface area contributed by atoms with Gasteiger partial charge >= 0.3 is 0 Å². The van der Waals surface area contributed by atoms with Gasteiger partial charge in [-0.1, -0.05) is 36.5 Å². The molecule has 3 aromatic rings. The van der Waals surface area contributed by atoms with Gasteiger partial charge in [-0.15, -0.1) is 10.2 Å². The third kappa shape index (κ3) is 3.33. The maximum absolute atomic E-state index is 4.49. The molecule has 1 N–H and O–H groups in total. The highest BCUT2D eigenvalue weighted by Crippen LogP contribution is 2.19. The Balaban J connectivity index is 1.75. The van der Waals surface area contributed by atoms with E-state index in [1.807, 2.05) is 36.0 Å². The van der Waals surface area contributed by atoms with Crippen molar-refractivity contribution in [3.63, 3.8) is 0 Å². The second-order valence-electron chi connectivity index (χ2n) is 5.13. The molecular formula is C16H19N5S. The topological polar surface area (TPSA) is 55.6 Å². The van der Waals surface area contributed by atoms with Crippen molar-refractivity contribution in [1.82, 2.24) is 20.0 Å². The Hall–Kier alpha value is -2.21. The number of anilines is 1. The summed E-state index contributed by atoms with van der Waals surface area (Å²) >= 11 is 1.63. The molecule has 0 amide bonds. The summed E-state index contributed by atoms with van der Waals surface area (Å²) in [5.41, 5.74) is 3.27. The predicted octanol–water partition coefficient (Wildman–Crippen LogP) is 3.60. The van der Waals surface area contributed by atoms with Gasteiger partial charge in [0.15, 0.2) is 0 Å². The molecule has 0 unspecified atom stereocenters. The second-order valence-corrected chi connectivity index (χ2v) is 6.20. The SMILES string of the molecule is CCCc1nnc(NCc2ccccc2-n2ccc(C)n2)s1. The van der Waals surface area contributed by atoms with Crippen LogP contribution in [0.3, 0.4) is 0 Å². The zero-order valence-electron chi connectivity index (χ0n) is 12.8. The number of benzene rings is 1. The fourth-order valence-electron chi connectivity index (χ4n) is 2.24. The molecule has 0 radical (unpaired) electrons. The Morgan fingerprint density at radius 3 is 2.82 bits per heavy atom. The molecule has 2 aromatic heterocycles. The zero-order chi connectivity index (χ0) is 15.4. The fraction of sp³-hybridized carbons (Fsp3) is 0.312. The van der Waals surface area contributed by atoms with E-state index in [-0.39, 0.29) is 0 Å². The van der Waals surface area contributed by atoms with Crippen LogP contribution in [-0.2, 0) is 13.0 Å². The van der Waals surface area contributed by atoms with Crippen LogP contribution in [0, 0.1) is 6.92 Å². The van der Waals surface area contributed by atoms with Crippen molar-refractivity contribution in [3.8, 4) is 5.69 Å². The number of nitrogens with one attached hydrogen (secondary N) is 1. The molecule has 0 bridgehead atoms. The highest BCUT2D eigenvalue weighted by Gasteiger charge is 2.07. The summed E-state index contributed by atoms with van der Waals surface area (Å²) in [6.07, 6.45) is 4.07. The van der Waals surface area contributed by atoms with Crippen LogP contribution in [0.15, 0.2) is 36.5 Å². The molecule has 0 atom stereocenters. The quantitative estimate of drug-likeness (QED) is 0.755. The summed E-state index contributed by atoms with van der Waals surface area (Å²) < 4.78 is 1.91. The number of para-hydroxylation sites is 1. The molecule has 2 heterocycles. The van der Waals surface area contributed by atoms with Gasteiger partial charge in [-0.2, -0.15) is 5.10 Å². The van der Waals surface area contributed by atoms with E-state index in [1.165, 1.54) is 5.56 Å². The summed E-state index contributed by atoms with van der Waals surface area (Å²) in [5, 5.41) is 18.2. The summed E-state index contributed by atoms with van der Waals surface area (Å²) in [6.45, 7) is 4.85. The molecule has 114 valence electrons. The van der Waals surface area contributed by atoms with E-state index < -0.39 is 0 Å². The van der Waals surface area contributed by atoms with Crippen LogP contribution >= 0.6 is 11.3 Å². The first-order chi connectivity index (χ1) is 10.8. The molecule has 5 nitrogen and oxygen atoms in total. The van der Waals surface area contributed by atoms with E-state index in [0.717, 1.165) is 34.4 Å². The average molecular weight is 313 g/mol. The minimum atomic E-state index is 0.704. The molecule has 0 saturated heterocycles. The van der Waals surface area contributed by atoms with Crippen molar-refractivity contribution in [2.75, 3.05) is 5.32 Å². The summed E-state index contributed by atoms with van der Waals surface area (Å²) in [5.74, 6) is 0. The molecule has 0 aliphatic carbocycles. The molecule has 0 spiro atoms. The van der Waals surface area contributed by atoms with Crippen LogP contribution in [0.4, 0.5) is 5.13 Å². The average Bonchev–Trinajstić information content (AvgIpc) is 3.15. The van der Waals surface area contributed by atoms with Gasteiger partial charge in [0.05, 0.1) is 11.4 Å². The zero-order valence-corrected chi connectivity index (χ0v) is 13.6. The van der Waals surface area contributed by atoms with Crippen LogP contribution in [-0.4, -0.2) is 20.0 Å². The number of hydrogen-bond donors (Lipinski definition) is 1. The Morgan fingerprint density at radius 1 is 1.18 bits per heavy atom. The van der Waals surface area contributed by atoms with Gasteiger partial charge in [0, 0.05) is 19.2 Å². The number of aryl methyl sites for hydroxylation is 2. The lowest BCUT2D eigenvalue weighted by atomic mass is 10.2. The third-order valence-corrected chi connectivity index (χ3v) is 4.26. The van der Waals surface area contributed by atoms with Crippen LogP contribution < -0.4 is 5.32 Å². The standard InChI is InChI=1S/C16H19N5S/c1-3-6-15-18-19-16(22-15)17-11-13-7-4-5-8-14(13)21-10-9-12(2)20-21/h4-5,7-10H,3,6,11H2,1-2H3,(H,17,19). The van der Waals surface area contributed by atoms with Gasteiger partial charge in [-0.3, -0.25) is 0 Å². The summed E-state index contributed by atoms with van der Waals surface area (Å²) in [4.78, 5) is 0. The maximum Gasteiger partial charge on any atom is 0.205 e. The molecule has 1 aromatic carbocycles. The van der Waals surface area contributed by atoms with E-state index in [1.54, 1.807) is 11.3 Å². The lowest BCUT2D eigenvalue weighted by Gasteiger charge is -2.09. The Bertz CT molecular complexity index is 746. The van der Waals surface area contributed by atoms with Gasteiger partial charge < -0.3 is 5.32 Å². The lowest BCUT2D eigenvalue weighted by molar-refractivity contribution is 0.847. The van der Waals surface area contributed by atoms with E-state index in [4.69, 9.17) is 0 Å². The normalized spacial score (nSPS) is 10.8. The molecule has 3 rings (SSSR count). The number of aromatic nitrogens is 4. The molecular weight excluding hydrogens is 294 g/mol. The summed E-state index contributed by atoms with van der Waals surface area (Å²) in [7, 11) is 0. The predicted molar refractivity (Wildman–Crippen MR) is 89.5 cm³/mol. The van der Waals surface area contributed by atoms with Crippen LogP contribution in [0.2, 0.25) is 0 Å². The Kier molecular flexibility index (Phi) is 4.48. The monoisotopic (exact) mass is 313 g/mol. The van der Waals surface area contributed by atoms with Gasteiger partial charge in [0.25, 0.3) is 0 Å². The third-order valence-electron chi connectivity index (χ3n) is 3.32. The van der Waals surface area contributed by atoms with E-state index in [0.29, 0.717) is 6.54 Å². The van der Waals surface area contributed by atoms with Gasteiger partial charge in [-0.25, -0.2) is 4.68 Å². The van der Waals surface area contributed by atoms with Crippen molar-refractivity contribution < 1.29 is 0 Å².